The molecule has 7 heteroatoms. The van der Waals surface area contributed by atoms with Crippen LogP contribution in [0.1, 0.15) is 18.1 Å². The second-order valence-corrected chi connectivity index (χ2v) is 6.15. The van der Waals surface area contributed by atoms with Crippen molar-refractivity contribution in [2.24, 2.45) is 0 Å². The third-order valence-electron chi connectivity index (χ3n) is 3.68. The Balaban J connectivity index is 2.22. The summed E-state index contributed by atoms with van der Waals surface area (Å²) in [7, 11) is 0. The maximum atomic E-state index is 12.5. The summed E-state index contributed by atoms with van der Waals surface area (Å²) in [4.78, 5) is 24.0. The highest BCUT2D eigenvalue weighted by Crippen LogP contribution is 2.23. The van der Waals surface area contributed by atoms with E-state index in [1.807, 2.05) is 13.0 Å². The van der Waals surface area contributed by atoms with Gasteiger partial charge in [-0.1, -0.05) is 35.9 Å². The number of para-hydroxylation sites is 1. The van der Waals surface area contributed by atoms with Crippen LogP contribution in [-0.2, 0) is 14.3 Å². The number of anilines is 1. The number of halogens is 1. The molecule has 1 N–H and O–H groups in total. The van der Waals surface area contributed by atoms with Crippen LogP contribution in [-0.4, -0.2) is 25.1 Å². The van der Waals surface area contributed by atoms with Crippen molar-refractivity contribution in [2.75, 3.05) is 18.5 Å². The van der Waals surface area contributed by atoms with Crippen LogP contribution in [0.5, 0.6) is 5.75 Å². The lowest BCUT2D eigenvalue weighted by atomic mass is 10.1. The van der Waals surface area contributed by atoms with Gasteiger partial charge < -0.3 is 14.8 Å². The van der Waals surface area contributed by atoms with Gasteiger partial charge in [0.2, 0.25) is 0 Å². The number of hydrogen-bond acceptors (Lipinski definition) is 5. The van der Waals surface area contributed by atoms with Gasteiger partial charge >= 0.3 is 5.97 Å². The van der Waals surface area contributed by atoms with Gasteiger partial charge in [0.05, 0.1) is 6.61 Å². The third-order valence-corrected chi connectivity index (χ3v) is 3.92. The van der Waals surface area contributed by atoms with E-state index in [-0.39, 0.29) is 18.8 Å². The Labute approximate surface area is 168 Å². The largest absolute Gasteiger partial charge is 0.481 e. The Hall–Kier alpha value is -3.30. The highest BCUT2D eigenvalue weighted by atomic mass is 35.5. The molecule has 0 spiro atoms. The molecule has 0 unspecified atom stereocenters. The summed E-state index contributed by atoms with van der Waals surface area (Å²) in [6.45, 7) is 3.51. The molecule has 0 heterocycles. The minimum absolute atomic E-state index is 0.119. The van der Waals surface area contributed by atoms with Gasteiger partial charge in [0.1, 0.15) is 17.4 Å². The number of nitrogens with zero attached hydrogens (tertiary/aromatic N) is 1. The summed E-state index contributed by atoms with van der Waals surface area (Å²) in [6.07, 6.45) is 1.40. The maximum absolute atomic E-state index is 12.5. The molecule has 1 amide bonds. The first-order valence-electron chi connectivity index (χ1n) is 8.51. The Bertz CT molecular complexity index is 948. The molecule has 2 aromatic rings. The molecule has 144 valence electrons. The first kappa shape index (κ1) is 21.0. The van der Waals surface area contributed by atoms with Crippen molar-refractivity contribution < 1.29 is 19.1 Å². The molecule has 2 aromatic carbocycles. The van der Waals surface area contributed by atoms with Crippen LogP contribution in [0, 0.1) is 18.3 Å². The number of esters is 1. The van der Waals surface area contributed by atoms with Crippen LogP contribution in [0.2, 0.25) is 5.02 Å². The van der Waals surface area contributed by atoms with Crippen molar-refractivity contribution in [1.29, 1.82) is 5.26 Å². The van der Waals surface area contributed by atoms with E-state index in [0.29, 0.717) is 22.0 Å². The summed E-state index contributed by atoms with van der Waals surface area (Å²) < 4.78 is 10.3. The highest BCUT2D eigenvalue weighted by molar-refractivity contribution is 6.31. The number of hydrogen-bond donors (Lipinski definition) is 1. The molecule has 0 aliphatic heterocycles. The monoisotopic (exact) mass is 398 g/mol. The van der Waals surface area contributed by atoms with E-state index in [0.717, 1.165) is 5.56 Å². The lowest BCUT2D eigenvalue weighted by Gasteiger charge is -2.10. The van der Waals surface area contributed by atoms with Crippen molar-refractivity contribution in [2.45, 2.75) is 13.8 Å². The van der Waals surface area contributed by atoms with Gasteiger partial charge in [-0.15, -0.1) is 0 Å². The highest BCUT2D eigenvalue weighted by Gasteiger charge is 2.13. The summed E-state index contributed by atoms with van der Waals surface area (Å²) in [5.41, 5.74) is 1.70. The topological polar surface area (TPSA) is 88.4 Å². The van der Waals surface area contributed by atoms with Crippen LogP contribution in [0.4, 0.5) is 5.69 Å². The van der Waals surface area contributed by atoms with E-state index in [2.05, 4.69) is 5.32 Å². The van der Waals surface area contributed by atoms with E-state index >= 15 is 0 Å². The number of amides is 1. The third kappa shape index (κ3) is 5.86. The van der Waals surface area contributed by atoms with Gasteiger partial charge in [-0.2, -0.15) is 5.26 Å². The average molecular weight is 399 g/mol. The molecule has 0 aliphatic rings. The van der Waals surface area contributed by atoms with E-state index < -0.39 is 11.9 Å². The fourth-order valence-corrected chi connectivity index (χ4v) is 2.47. The van der Waals surface area contributed by atoms with Gasteiger partial charge in [-0.25, -0.2) is 4.79 Å². The number of nitriles is 1. The van der Waals surface area contributed by atoms with Crippen molar-refractivity contribution in [3.63, 3.8) is 0 Å². The number of carbonyl (C=O) groups excluding carboxylic acids is 2. The van der Waals surface area contributed by atoms with Gasteiger partial charge in [-0.3, -0.25) is 4.79 Å². The summed E-state index contributed by atoms with van der Waals surface area (Å²) in [5.74, 6) is -0.723. The number of ether oxygens (including phenoxy) is 2. The quantitative estimate of drug-likeness (QED) is 0.430. The maximum Gasteiger partial charge on any atom is 0.344 e. The minimum atomic E-state index is -0.576. The van der Waals surface area contributed by atoms with E-state index in [9.17, 15) is 14.9 Å². The van der Waals surface area contributed by atoms with E-state index in [1.54, 1.807) is 49.4 Å². The zero-order valence-electron chi connectivity index (χ0n) is 15.5. The lowest BCUT2D eigenvalue weighted by Crippen LogP contribution is -2.15. The smallest absolute Gasteiger partial charge is 0.344 e. The fraction of sp³-hybridized carbons (Fsp3) is 0.190. The predicted octanol–water partition coefficient (Wildman–Crippen LogP) is 4.14. The summed E-state index contributed by atoms with van der Waals surface area (Å²) in [6, 6.07) is 13.7. The molecular weight excluding hydrogens is 380 g/mol. The molecule has 0 saturated heterocycles. The molecule has 0 aromatic heterocycles. The number of rotatable bonds is 7. The minimum Gasteiger partial charge on any atom is -0.481 e. The van der Waals surface area contributed by atoms with Crippen LogP contribution in [0.15, 0.2) is 48.0 Å². The van der Waals surface area contributed by atoms with Gasteiger partial charge in [0, 0.05) is 16.3 Å². The second kappa shape index (κ2) is 10.1. The first-order valence-corrected chi connectivity index (χ1v) is 8.89. The standard InChI is InChI=1S/C21H19ClN2O4/c1-3-27-20(25)13-28-19-7-5-4-6-15(19)10-16(12-23)21(26)24-18-11-17(22)9-8-14(18)2/h4-11H,3,13H2,1-2H3,(H,24,26)/b16-10+. The fourth-order valence-electron chi connectivity index (χ4n) is 2.29. The van der Waals surface area contributed by atoms with Gasteiger partial charge in [-0.05, 0) is 43.7 Å². The SMILES string of the molecule is CCOC(=O)COc1ccccc1/C=C(\C#N)C(=O)Nc1cc(Cl)ccc1C. The Morgan fingerprint density at radius 1 is 1.25 bits per heavy atom. The van der Waals surface area contributed by atoms with Crippen molar-refractivity contribution in [1.82, 2.24) is 0 Å². The van der Waals surface area contributed by atoms with E-state index in [1.165, 1.54) is 6.08 Å². The Morgan fingerprint density at radius 2 is 2.00 bits per heavy atom. The molecule has 0 radical (unpaired) electrons. The molecule has 28 heavy (non-hydrogen) atoms. The van der Waals surface area contributed by atoms with Crippen molar-refractivity contribution in [3.05, 3.63) is 64.2 Å². The molecule has 0 fully saturated rings. The molecule has 0 atom stereocenters. The number of benzene rings is 2. The normalized spacial score (nSPS) is 10.7. The van der Waals surface area contributed by atoms with Crippen LogP contribution in [0.3, 0.4) is 0 Å². The Morgan fingerprint density at radius 3 is 2.71 bits per heavy atom. The molecule has 0 saturated carbocycles. The molecule has 0 bridgehead atoms. The second-order valence-electron chi connectivity index (χ2n) is 5.71. The van der Waals surface area contributed by atoms with Crippen LogP contribution < -0.4 is 10.1 Å². The molecule has 0 aliphatic carbocycles. The number of nitrogens with one attached hydrogen (secondary N) is 1. The number of carbonyl (C=O) groups is 2. The molecule has 2 rings (SSSR count). The zero-order chi connectivity index (χ0) is 20.5. The van der Waals surface area contributed by atoms with Crippen LogP contribution in [0.25, 0.3) is 6.08 Å². The predicted molar refractivity (Wildman–Crippen MR) is 107 cm³/mol. The van der Waals surface area contributed by atoms with Crippen molar-refractivity contribution >= 4 is 35.2 Å². The first-order chi connectivity index (χ1) is 13.4. The van der Waals surface area contributed by atoms with Gasteiger partial charge in [0.25, 0.3) is 5.91 Å². The van der Waals surface area contributed by atoms with E-state index in [4.69, 9.17) is 21.1 Å². The Kier molecular flexibility index (Phi) is 7.61. The molecule has 6 nitrogen and oxygen atoms in total. The van der Waals surface area contributed by atoms with Crippen LogP contribution >= 0.6 is 11.6 Å². The van der Waals surface area contributed by atoms with Gasteiger partial charge in [0.15, 0.2) is 6.61 Å². The summed E-state index contributed by atoms with van der Waals surface area (Å²) >= 11 is 5.96. The molecular formula is C21H19ClN2O4. The number of aryl methyl sites for hydroxylation is 1. The van der Waals surface area contributed by atoms with Crippen molar-refractivity contribution in [3.8, 4) is 11.8 Å². The summed E-state index contributed by atoms with van der Waals surface area (Å²) in [5, 5.41) is 12.6. The average Bonchev–Trinajstić information content (AvgIpc) is 2.68. The lowest BCUT2D eigenvalue weighted by molar-refractivity contribution is -0.145. The zero-order valence-corrected chi connectivity index (χ0v) is 16.2.